The Morgan fingerprint density at radius 1 is 1.23 bits per heavy atom. The summed E-state index contributed by atoms with van der Waals surface area (Å²) in [6, 6.07) is 6.83. The zero-order valence-corrected chi connectivity index (χ0v) is 21.1. The van der Waals surface area contributed by atoms with Crippen molar-refractivity contribution >= 4 is 21.8 Å². The zero-order chi connectivity index (χ0) is 25.2. The molecule has 2 aliphatic rings. The third kappa shape index (κ3) is 5.91. The highest BCUT2D eigenvalue weighted by molar-refractivity contribution is 9.10. The minimum Gasteiger partial charge on any atom is -0.493 e. The van der Waals surface area contributed by atoms with Gasteiger partial charge < -0.3 is 19.5 Å². The van der Waals surface area contributed by atoms with Crippen LogP contribution < -0.4 is 14.8 Å². The van der Waals surface area contributed by atoms with E-state index in [4.69, 9.17) is 14.2 Å². The van der Waals surface area contributed by atoms with E-state index < -0.39 is 11.7 Å². The SMILES string of the molecule is CCOc1c(OC)cc(Br)nc1C(=O)NC1CC2CC1[C@@H](COCc1cccc(C(F)(F)F)c1)C2. The van der Waals surface area contributed by atoms with E-state index in [0.717, 1.165) is 31.4 Å². The summed E-state index contributed by atoms with van der Waals surface area (Å²) in [6.07, 6.45) is -1.50. The van der Waals surface area contributed by atoms with Gasteiger partial charge in [-0.15, -0.1) is 0 Å². The van der Waals surface area contributed by atoms with Crippen molar-refractivity contribution in [2.45, 2.75) is 45.0 Å². The topological polar surface area (TPSA) is 69.7 Å². The number of amides is 1. The number of alkyl halides is 3. The summed E-state index contributed by atoms with van der Waals surface area (Å²) in [5, 5.41) is 3.13. The van der Waals surface area contributed by atoms with Gasteiger partial charge in [0.1, 0.15) is 4.60 Å². The van der Waals surface area contributed by atoms with Crippen molar-refractivity contribution in [3.05, 3.63) is 51.8 Å². The first-order chi connectivity index (χ1) is 16.7. The molecule has 10 heteroatoms. The molecule has 2 aromatic rings. The number of pyridine rings is 1. The predicted molar refractivity (Wildman–Crippen MR) is 126 cm³/mol. The molecule has 2 aliphatic carbocycles. The predicted octanol–water partition coefficient (Wildman–Crippen LogP) is 5.63. The van der Waals surface area contributed by atoms with Crippen molar-refractivity contribution < 1.29 is 32.2 Å². The maximum absolute atomic E-state index is 13.2. The summed E-state index contributed by atoms with van der Waals surface area (Å²) in [7, 11) is 1.51. The summed E-state index contributed by atoms with van der Waals surface area (Å²) >= 11 is 3.32. The highest BCUT2D eigenvalue weighted by Gasteiger charge is 2.47. The van der Waals surface area contributed by atoms with E-state index in [1.54, 1.807) is 12.1 Å². The average molecular weight is 557 g/mol. The second-order valence-corrected chi connectivity index (χ2v) is 9.86. The Kier molecular flexibility index (Phi) is 7.90. The van der Waals surface area contributed by atoms with Gasteiger partial charge in [0.25, 0.3) is 5.91 Å². The Balaban J connectivity index is 1.37. The molecule has 2 bridgehead atoms. The Labute approximate surface area is 210 Å². The molecule has 0 saturated heterocycles. The first-order valence-electron chi connectivity index (χ1n) is 11.6. The van der Waals surface area contributed by atoms with Crippen LogP contribution in [-0.4, -0.2) is 37.3 Å². The highest BCUT2D eigenvalue weighted by atomic mass is 79.9. The quantitative estimate of drug-likeness (QED) is 0.405. The van der Waals surface area contributed by atoms with Gasteiger partial charge in [-0.25, -0.2) is 4.98 Å². The number of carbonyl (C=O) groups excluding carboxylic acids is 1. The number of fused-ring (bicyclic) bond motifs is 2. The van der Waals surface area contributed by atoms with Crippen LogP contribution in [0.2, 0.25) is 0 Å². The first kappa shape index (κ1) is 25.8. The van der Waals surface area contributed by atoms with Crippen LogP contribution in [0, 0.1) is 17.8 Å². The van der Waals surface area contributed by atoms with Gasteiger partial charge in [0.2, 0.25) is 0 Å². The van der Waals surface area contributed by atoms with E-state index in [9.17, 15) is 18.0 Å². The van der Waals surface area contributed by atoms with Gasteiger partial charge in [-0.1, -0.05) is 12.1 Å². The number of hydrogen-bond donors (Lipinski definition) is 1. The minimum absolute atomic E-state index is 0.0235. The molecule has 0 radical (unpaired) electrons. The van der Waals surface area contributed by atoms with Crippen molar-refractivity contribution in [1.82, 2.24) is 10.3 Å². The fraction of sp³-hybridized carbons (Fsp3) is 0.520. The van der Waals surface area contributed by atoms with Crippen LogP contribution in [0.3, 0.4) is 0 Å². The highest BCUT2D eigenvalue weighted by Crippen LogP contribution is 2.49. The fourth-order valence-electron chi connectivity index (χ4n) is 5.33. The van der Waals surface area contributed by atoms with E-state index >= 15 is 0 Å². The third-order valence-corrected chi connectivity index (χ3v) is 7.16. The van der Waals surface area contributed by atoms with Crippen LogP contribution >= 0.6 is 15.9 Å². The molecule has 1 aromatic carbocycles. The Bertz CT molecular complexity index is 1070. The van der Waals surface area contributed by atoms with Crippen molar-refractivity contribution in [3.8, 4) is 11.5 Å². The van der Waals surface area contributed by atoms with Gasteiger partial charge in [0, 0.05) is 12.1 Å². The lowest BCUT2D eigenvalue weighted by atomic mass is 9.85. The molecule has 1 heterocycles. The summed E-state index contributed by atoms with van der Waals surface area (Å²) in [5.41, 5.74) is -0.0188. The molecular formula is C25H28BrF3N2O4. The number of nitrogens with one attached hydrogen (secondary N) is 1. The van der Waals surface area contributed by atoms with Crippen LogP contribution in [-0.2, 0) is 17.5 Å². The molecule has 4 atom stereocenters. The second-order valence-electron chi connectivity index (χ2n) is 9.05. The minimum atomic E-state index is -4.37. The summed E-state index contributed by atoms with van der Waals surface area (Å²) in [6.45, 7) is 2.74. The second kappa shape index (κ2) is 10.7. The number of nitrogens with zero attached hydrogens (tertiary/aromatic N) is 1. The molecule has 4 rings (SSSR count). The molecule has 1 amide bonds. The maximum atomic E-state index is 13.2. The van der Waals surface area contributed by atoms with Crippen LogP contribution in [0.25, 0.3) is 0 Å². The van der Waals surface area contributed by atoms with Crippen LogP contribution in [0.4, 0.5) is 13.2 Å². The van der Waals surface area contributed by atoms with Gasteiger partial charge in [-0.3, -0.25) is 4.79 Å². The molecule has 35 heavy (non-hydrogen) atoms. The molecule has 190 valence electrons. The van der Waals surface area contributed by atoms with E-state index in [1.165, 1.54) is 13.2 Å². The number of ether oxygens (including phenoxy) is 3. The first-order valence-corrected chi connectivity index (χ1v) is 12.4. The number of benzene rings is 1. The lowest BCUT2D eigenvalue weighted by molar-refractivity contribution is -0.137. The normalized spacial score (nSPS) is 23.4. The van der Waals surface area contributed by atoms with Crippen molar-refractivity contribution in [2.24, 2.45) is 17.8 Å². The van der Waals surface area contributed by atoms with E-state index in [-0.39, 0.29) is 36.1 Å². The zero-order valence-electron chi connectivity index (χ0n) is 19.5. The van der Waals surface area contributed by atoms with E-state index in [0.29, 0.717) is 40.8 Å². The maximum Gasteiger partial charge on any atom is 0.416 e. The lowest BCUT2D eigenvalue weighted by Crippen LogP contribution is -2.42. The number of aromatic nitrogens is 1. The summed E-state index contributed by atoms with van der Waals surface area (Å²) in [4.78, 5) is 17.5. The Morgan fingerprint density at radius 2 is 2.03 bits per heavy atom. The van der Waals surface area contributed by atoms with Gasteiger partial charge in [0.15, 0.2) is 17.2 Å². The molecule has 3 unspecified atom stereocenters. The van der Waals surface area contributed by atoms with E-state index in [2.05, 4.69) is 26.2 Å². The number of halogens is 4. The molecule has 1 aromatic heterocycles. The van der Waals surface area contributed by atoms with Crippen molar-refractivity contribution in [3.63, 3.8) is 0 Å². The van der Waals surface area contributed by atoms with Crippen LogP contribution in [0.15, 0.2) is 34.9 Å². The molecule has 2 fully saturated rings. The number of methoxy groups -OCH3 is 1. The molecule has 2 saturated carbocycles. The molecule has 1 N–H and O–H groups in total. The molecular weight excluding hydrogens is 529 g/mol. The molecule has 6 nitrogen and oxygen atoms in total. The van der Waals surface area contributed by atoms with Crippen LogP contribution in [0.5, 0.6) is 11.5 Å². The van der Waals surface area contributed by atoms with Gasteiger partial charge in [-0.05, 0) is 77.6 Å². The van der Waals surface area contributed by atoms with Gasteiger partial charge in [-0.2, -0.15) is 13.2 Å². The Hall–Kier alpha value is -2.33. The number of carbonyl (C=O) groups is 1. The van der Waals surface area contributed by atoms with Crippen molar-refractivity contribution in [1.29, 1.82) is 0 Å². The Morgan fingerprint density at radius 3 is 2.71 bits per heavy atom. The van der Waals surface area contributed by atoms with Gasteiger partial charge >= 0.3 is 6.18 Å². The largest absolute Gasteiger partial charge is 0.493 e. The average Bonchev–Trinajstić information content (AvgIpc) is 3.39. The lowest BCUT2D eigenvalue weighted by Gasteiger charge is -2.30. The standard InChI is InChI=1S/C25H28BrF3N2O4/c1-3-35-23-20(33-2)11-21(26)31-22(23)24(32)30-19-10-15-7-16(18(19)9-15)13-34-12-14-5-4-6-17(8-14)25(27,28)29/h4-6,8,11,15-16,18-19H,3,7,9-10,12-13H2,1-2H3,(H,30,32)/t15?,16-,18?,19?/m1/s1. The third-order valence-electron chi connectivity index (χ3n) is 6.75. The summed E-state index contributed by atoms with van der Waals surface area (Å²) < 4.78 is 56.1. The summed E-state index contributed by atoms with van der Waals surface area (Å²) in [5.74, 6) is 1.38. The van der Waals surface area contributed by atoms with Crippen molar-refractivity contribution in [2.75, 3.05) is 20.3 Å². The molecule has 0 spiro atoms. The smallest absolute Gasteiger partial charge is 0.416 e. The van der Waals surface area contributed by atoms with Gasteiger partial charge in [0.05, 0.1) is 32.5 Å². The van der Waals surface area contributed by atoms with Crippen LogP contribution in [0.1, 0.15) is 47.8 Å². The fourth-order valence-corrected chi connectivity index (χ4v) is 5.71. The number of hydrogen-bond acceptors (Lipinski definition) is 5. The number of rotatable bonds is 9. The van der Waals surface area contributed by atoms with E-state index in [1.807, 2.05) is 6.92 Å². The monoisotopic (exact) mass is 556 g/mol. The molecule has 0 aliphatic heterocycles.